The molecule has 42 heavy (non-hydrogen) atoms. The summed E-state index contributed by atoms with van der Waals surface area (Å²) in [7, 11) is -4.12. The summed E-state index contributed by atoms with van der Waals surface area (Å²) in [6.45, 7) is 2.04. The van der Waals surface area contributed by atoms with Gasteiger partial charge >= 0.3 is 0 Å². The van der Waals surface area contributed by atoms with Crippen molar-refractivity contribution in [3.05, 3.63) is 99.5 Å². The molecule has 0 aromatic heterocycles. The van der Waals surface area contributed by atoms with Crippen LogP contribution in [0, 0.1) is 11.6 Å². The Balaban J connectivity index is 1.34. The molecule has 224 valence electrons. The average molecular weight is 641 g/mol. The first-order valence-corrected chi connectivity index (χ1v) is 15.7. The normalized spacial score (nSPS) is 19.3. The van der Waals surface area contributed by atoms with Crippen LogP contribution in [0.3, 0.4) is 0 Å². The second kappa shape index (κ2) is 12.8. The maximum Gasteiger partial charge on any atom is 0.237 e. The van der Waals surface area contributed by atoms with Gasteiger partial charge in [-0.2, -0.15) is 0 Å². The quantitative estimate of drug-likeness (QED) is 0.314. The molecule has 2 heterocycles. The highest BCUT2D eigenvalue weighted by Crippen LogP contribution is 2.37. The number of carbonyl (C=O) groups excluding carboxylic acids is 1. The van der Waals surface area contributed by atoms with Crippen LogP contribution in [0.1, 0.15) is 30.5 Å². The molecule has 0 atom stereocenters. The molecule has 1 amide bonds. The third kappa shape index (κ3) is 7.21. The van der Waals surface area contributed by atoms with E-state index in [0.717, 1.165) is 27.6 Å². The lowest BCUT2D eigenvalue weighted by Gasteiger charge is -2.49. The van der Waals surface area contributed by atoms with Crippen molar-refractivity contribution in [2.45, 2.75) is 38.0 Å². The number of carbonyl (C=O) groups is 1. The number of rotatable bonds is 11. The molecule has 3 aromatic rings. The summed E-state index contributed by atoms with van der Waals surface area (Å²) in [4.78, 5) is 14.3. The summed E-state index contributed by atoms with van der Waals surface area (Å²) >= 11 is 12.2. The standard InChI is InChI=1S/C29H29Cl2F2N3O5S/c1-18-40-28(41-18)15-27(37)34-10-11-42(38,39)36(25-13-23(32)12-24(33)14-25)26-16-35(17-26)29(19-2-6-21(30)7-3-19)20-4-8-22(31)9-5-20/h2-9,12-14,18,26,28-29H,10-11,15-17H2,1H3,(H,34,37). The van der Waals surface area contributed by atoms with Gasteiger partial charge in [-0.3, -0.25) is 14.0 Å². The molecule has 0 radical (unpaired) electrons. The highest BCUT2D eigenvalue weighted by atomic mass is 35.5. The Morgan fingerprint density at radius 1 is 0.976 bits per heavy atom. The third-order valence-corrected chi connectivity index (χ3v) is 9.41. The van der Waals surface area contributed by atoms with Gasteiger partial charge in [-0.25, -0.2) is 17.2 Å². The van der Waals surface area contributed by atoms with Crippen LogP contribution in [0.25, 0.3) is 0 Å². The van der Waals surface area contributed by atoms with Crippen LogP contribution in [0.4, 0.5) is 14.5 Å². The number of likely N-dealkylation sites (tertiary alicyclic amines) is 1. The molecule has 13 heteroatoms. The smallest absolute Gasteiger partial charge is 0.237 e. The molecule has 0 aliphatic carbocycles. The number of hydrogen-bond donors (Lipinski definition) is 1. The average Bonchev–Trinajstić information content (AvgIpc) is 2.87. The number of hydrogen-bond acceptors (Lipinski definition) is 6. The molecule has 3 aromatic carbocycles. The van der Waals surface area contributed by atoms with Gasteiger partial charge in [0.1, 0.15) is 11.6 Å². The topological polar surface area (TPSA) is 88.2 Å². The number of amides is 1. The molecule has 2 fully saturated rings. The highest BCUT2D eigenvalue weighted by molar-refractivity contribution is 7.92. The van der Waals surface area contributed by atoms with E-state index in [9.17, 15) is 22.0 Å². The highest BCUT2D eigenvalue weighted by Gasteiger charge is 2.42. The molecule has 0 saturated carbocycles. The van der Waals surface area contributed by atoms with Gasteiger partial charge in [0.15, 0.2) is 12.6 Å². The predicted octanol–water partition coefficient (Wildman–Crippen LogP) is 5.11. The number of ether oxygens (including phenoxy) is 2. The van der Waals surface area contributed by atoms with Crippen LogP contribution in [0.15, 0.2) is 66.7 Å². The molecule has 2 aliphatic heterocycles. The van der Waals surface area contributed by atoms with Gasteiger partial charge < -0.3 is 14.8 Å². The van der Waals surface area contributed by atoms with E-state index >= 15 is 0 Å². The van der Waals surface area contributed by atoms with Crippen LogP contribution in [0.5, 0.6) is 0 Å². The second-order valence-electron chi connectivity index (χ2n) is 10.2. The minimum absolute atomic E-state index is 0.0718. The van der Waals surface area contributed by atoms with Gasteiger partial charge in [-0.1, -0.05) is 47.5 Å². The molecule has 0 bridgehead atoms. The predicted molar refractivity (Wildman–Crippen MR) is 156 cm³/mol. The van der Waals surface area contributed by atoms with Crippen molar-refractivity contribution in [3.63, 3.8) is 0 Å². The number of halogens is 4. The molecular weight excluding hydrogens is 611 g/mol. The summed E-state index contributed by atoms with van der Waals surface area (Å²) in [6, 6.07) is 16.5. The fourth-order valence-corrected chi connectivity index (χ4v) is 7.01. The summed E-state index contributed by atoms with van der Waals surface area (Å²) in [5.74, 6) is -2.71. The van der Waals surface area contributed by atoms with Crippen LogP contribution in [-0.2, 0) is 24.3 Å². The monoisotopic (exact) mass is 639 g/mol. The van der Waals surface area contributed by atoms with Crippen molar-refractivity contribution in [2.24, 2.45) is 0 Å². The van der Waals surface area contributed by atoms with Crippen molar-refractivity contribution in [1.82, 2.24) is 10.2 Å². The molecule has 8 nitrogen and oxygen atoms in total. The SMILES string of the molecule is CC1OC(CC(=O)NCCS(=O)(=O)N(c2cc(F)cc(F)c2)C2CN(C(c3ccc(Cl)cc3)c3ccc(Cl)cc3)C2)O1. The molecule has 2 saturated heterocycles. The van der Waals surface area contributed by atoms with E-state index in [2.05, 4.69) is 10.2 Å². The van der Waals surface area contributed by atoms with Crippen molar-refractivity contribution in [2.75, 3.05) is 29.7 Å². The Hall–Kier alpha value is -2.80. The summed E-state index contributed by atoms with van der Waals surface area (Å²) < 4.78 is 67.3. The Morgan fingerprint density at radius 2 is 1.50 bits per heavy atom. The van der Waals surface area contributed by atoms with E-state index in [1.54, 1.807) is 31.2 Å². The van der Waals surface area contributed by atoms with Gasteiger partial charge in [0.05, 0.1) is 29.9 Å². The van der Waals surface area contributed by atoms with Crippen LogP contribution < -0.4 is 9.62 Å². The number of nitrogens with one attached hydrogen (secondary N) is 1. The summed E-state index contributed by atoms with van der Waals surface area (Å²) in [5.41, 5.74) is 1.74. The van der Waals surface area contributed by atoms with Gasteiger partial charge in [0.25, 0.3) is 0 Å². The van der Waals surface area contributed by atoms with E-state index in [1.165, 1.54) is 0 Å². The van der Waals surface area contributed by atoms with Crippen LogP contribution in [-0.4, -0.2) is 63.2 Å². The number of sulfonamides is 1. The molecular formula is C29H29Cl2F2N3O5S. The third-order valence-electron chi connectivity index (χ3n) is 7.08. The lowest BCUT2D eigenvalue weighted by Crippen LogP contribution is -2.62. The van der Waals surface area contributed by atoms with E-state index in [1.807, 2.05) is 24.3 Å². The molecule has 1 N–H and O–H groups in total. The lowest BCUT2D eigenvalue weighted by molar-refractivity contribution is -0.373. The maximum absolute atomic E-state index is 14.2. The Bertz CT molecular complexity index is 1450. The van der Waals surface area contributed by atoms with Crippen LogP contribution in [0.2, 0.25) is 10.0 Å². The van der Waals surface area contributed by atoms with Crippen molar-refractivity contribution < 1.29 is 31.5 Å². The first-order chi connectivity index (χ1) is 20.0. The van der Waals surface area contributed by atoms with E-state index in [4.69, 9.17) is 32.7 Å². The maximum atomic E-state index is 14.2. The Kier molecular flexibility index (Phi) is 9.36. The lowest BCUT2D eigenvalue weighted by atomic mass is 9.93. The molecule has 2 aliphatic rings. The van der Waals surface area contributed by atoms with Crippen LogP contribution >= 0.6 is 23.2 Å². The number of anilines is 1. The first kappa shape index (κ1) is 30.7. The zero-order valence-corrected chi connectivity index (χ0v) is 24.9. The van der Waals surface area contributed by atoms with Crippen molar-refractivity contribution in [3.8, 4) is 0 Å². The van der Waals surface area contributed by atoms with E-state index in [0.29, 0.717) is 16.1 Å². The van der Waals surface area contributed by atoms with Gasteiger partial charge in [-0.15, -0.1) is 0 Å². The minimum Gasteiger partial charge on any atom is -0.355 e. The first-order valence-electron chi connectivity index (χ1n) is 13.3. The zero-order chi connectivity index (χ0) is 30.0. The summed E-state index contributed by atoms with van der Waals surface area (Å²) in [6.07, 6.45) is -1.12. The van der Waals surface area contributed by atoms with Crippen molar-refractivity contribution >= 4 is 44.8 Å². The van der Waals surface area contributed by atoms with Gasteiger partial charge in [0, 0.05) is 35.7 Å². The minimum atomic E-state index is -4.12. The van der Waals surface area contributed by atoms with Gasteiger partial charge in [-0.05, 0) is 54.4 Å². The van der Waals surface area contributed by atoms with E-state index < -0.39 is 45.6 Å². The zero-order valence-electron chi connectivity index (χ0n) is 22.6. The second-order valence-corrected chi connectivity index (χ2v) is 13.0. The van der Waals surface area contributed by atoms with E-state index in [-0.39, 0.29) is 44.1 Å². The van der Waals surface area contributed by atoms with Gasteiger partial charge in [0.2, 0.25) is 15.9 Å². The number of nitrogens with zero attached hydrogens (tertiary/aromatic N) is 2. The Morgan fingerprint density at radius 3 is 2.00 bits per heavy atom. The largest absolute Gasteiger partial charge is 0.355 e. The van der Waals surface area contributed by atoms with Crippen molar-refractivity contribution in [1.29, 1.82) is 0 Å². The number of benzene rings is 3. The fourth-order valence-electron chi connectivity index (χ4n) is 5.19. The molecule has 0 spiro atoms. The molecule has 5 rings (SSSR count). The molecule has 0 unspecified atom stereocenters. The fraction of sp³-hybridized carbons (Fsp3) is 0.345. The Labute approximate surface area is 253 Å². The summed E-state index contributed by atoms with van der Waals surface area (Å²) in [5, 5.41) is 3.71.